The van der Waals surface area contributed by atoms with Crippen LogP contribution in [0.4, 0.5) is 0 Å². The van der Waals surface area contributed by atoms with Gasteiger partial charge in [-0.25, -0.2) is 0 Å². The summed E-state index contributed by atoms with van der Waals surface area (Å²) in [6.45, 7) is 29.4. The Kier molecular flexibility index (Phi) is 67.1. The molecule has 0 radical (unpaired) electrons. The van der Waals surface area contributed by atoms with Crippen LogP contribution in [0.3, 0.4) is 0 Å². The van der Waals surface area contributed by atoms with Gasteiger partial charge in [0.15, 0.2) is 16.6 Å². The van der Waals surface area contributed by atoms with Gasteiger partial charge in [0.1, 0.15) is 77.4 Å². The number of furan rings is 6. The molecule has 6 aromatic rings. The van der Waals surface area contributed by atoms with Crippen molar-refractivity contribution in [1.29, 1.82) is 0 Å². The van der Waals surface area contributed by atoms with Gasteiger partial charge in [-0.2, -0.15) is 0 Å². The van der Waals surface area contributed by atoms with E-state index in [0.29, 0.717) is 94.4 Å². The molecular formula is C69H116Br2Cl5N2NaO15Si2. The van der Waals surface area contributed by atoms with Crippen molar-refractivity contribution in [2.75, 3.05) is 101 Å². The Hall–Kier alpha value is -0.916. The average Bonchev–Trinajstić information content (AvgIpc) is 2.10. The minimum Gasteiger partial charge on any atom is -0.853 e. The summed E-state index contributed by atoms with van der Waals surface area (Å²) in [5, 5.41) is 28.9. The van der Waals surface area contributed by atoms with Crippen molar-refractivity contribution in [1.82, 2.24) is 0 Å². The quantitative estimate of drug-likeness (QED) is 0.0166. The van der Waals surface area contributed by atoms with E-state index in [9.17, 15) is 5.11 Å². The fraction of sp³-hybridized carbons (Fsp3) is 0.652. The summed E-state index contributed by atoms with van der Waals surface area (Å²) in [6, 6.07) is 22.9. The summed E-state index contributed by atoms with van der Waals surface area (Å²) in [4.78, 5) is 0. The van der Waals surface area contributed by atoms with E-state index in [0.717, 1.165) is 134 Å². The van der Waals surface area contributed by atoms with Crippen LogP contribution in [0.5, 0.6) is 0 Å². The van der Waals surface area contributed by atoms with E-state index in [2.05, 4.69) is 99.6 Å². The molecule has 17 nitrogen and oxygen atoms in total. The predicted octanol–water partition coefficient (Wildman–Crippen LogP) is 14.9. The molecule has 0 aromatic carbocycles. The van der Waals surface area contributed by atoms with Crippen LogP contribution < -0.4 is 46.1 Å². The van der Waals surface area contributed by atoms with E-state index in [1.54, 1.807) is 24.5 Å². The summed E-state index contributed by atoms with van der Waals surface area (Å²) in [6.07, 6.45) is 14.2. The number of aryl methyl sites for hydroxylation is 4. The molecule has 6 aromatic heterocycles. The molecule has 1 aliphatic rings. The number of hydrogen-bond acceptors (Lipinski definition) is 17. The molecule has 27 heteroatoms. The topological polar surface area (TPSA) is 250 Å². The fourth-order valence-electron chi connectivity index (χ4n) is 6.52. The van der Waals surface area contributed by atoms with E-state index in [1.165, 1.54) is 19.1 Å². The fourth-order valence-corrected chi connectivity index (χ4v) is 9.96. The molecule has 1 fully saturated rings. The van der Waals surface area contributed by atoms with Crippen LogP contribution in [0.1, 0.15) is 144 Å². The molecule has 0 bridgehead atoms. The third-order valence-corrected chi connectivity index (χ3v) is 25.3. The van der Waals surface area contributed by atoms with Crippen LogP contribution >= 0.6 is 89.9 Å². The van der Waals surface area contributed by atoms with Crippen LogP contribution in [0.25, 0.3) is 0 Å². The Bertz CT molecular complexity index is 2490. The second-order valence-corrected chi connectivity index (χ2v) is 36.8. The standard InChI is InChI=1S/C14H25ClO2Si.C12H20ClNO3.C11H20O2Si.C8H10BrClO.C8H11ClO2.C5H6O2.C4H10NO2.C4H8O.C3H6BrCl.Na/c1-14(2,3)18(4,5)16-11-13-9-8-12(17-13)7-6-10-15;13-5-1-2-11-3-4-12(17-11)10-16-9-8-15-7-6-14;1-11(2,3)14(4,5)13-9-10-7-6-8-12-10;9-6-8-4-3-7(11-8)2-1-5-10;9-5-1-2-7-3-4-8(6-10)11-7;6-4-5-2-1-3-7-5;5-1-3-7-4-2-6;1-2-4-5-3-1;4-2-1-3-5;/h8-9H,6-7,10-11H2,1-5H3;3-4H,1-2,5-10,14H2;6-8H,9H2,1-5H3;3-4H,1-2,5-6H2;3-4,10H,1-2,5-6H2;1-3,6H,4H2;1-5H2;1-4H2;1-3H2;/q;;;;;;-1;;;+1. The van der Waals surface area contributed by atoms with Crippen LogP contribution in [-0.2, 0) is 91.8 Å². The zero-order valence-electron chi connectivity index (χ0n) is 59.4. The summed E-state index contributed by atoms with van der Waals surface area (Å²) in [5.74, 6) is 12.2. The second-order valence-electron chi connectivity index (χ2n) is 24.0. The van der Waals surface area contributed by atoms with Gasteiger partial charge in [0, 0.05) is 93.3 Å². The average molecular weight is 1630 g/mol. The largest absolute Gasteiger partial charge is 1.00 e. The first-order chi connectivity index (χ1) is 45.4. The number of aliphatic hydroxyl groups excluding tert-OH is 2. The van der Waals surface area contributed by atoms with Gasteiger partial charge >= 0.3 is 29.6 Å². The number of alkyl halides is 7. The Morgan fingerprint density at radius 3 is 1.12 bits per heavy atom. The van der Waals surface area contributed by atoms with Crippen molar-refractivity contribution in [3.8, 4) is 0 Å². The monoisotopic (exact) mass is 1620 g/mol. The number of ether oxygens (including phenoxy) is 4. The minimum atomic E-state index is -1.68. The number of hydrogen-bond donors (Lipinski definition) is 4. The van der Waals surface area contributed by atoms with E-state index in [1.807, 2.05) is 54.6 Å². The Balaban J connectivity index is -0.00000104. The molecule has 7 rings (SSSR count). The van der Waals surface area contributed by atoms with Gasteiger partial charge in [-0.05, 0) is 154 Å². The van der Waals surface area contributed by atoms with Crippen LogP contribution in [0, 0.1) is 0 Å². The maximum atomic E-state index is 9.64. The van der Waals surface area contributed by atoms with Gasteiger partial charge in [0.25, 0.3) is 0 Å². The summed E-state index contributed by atoms with van der Waals surface area (Å²) in [7, 11) is -3.31. The Morgan fingerprint density at radius 2 is 0.823 bits per heavy atom. The maximum absolute atomic E-state index is 9.64. The minimum absolute atomic E-state index is 0. The Morgan fingerprint density at radius 1 is 0.469 bits per heavy atom. The summed E-state index contributed by atoms with van der Waals surface area (Å²) in [5.41, 5.74) is 10.3. The molecule has 6 N–H and O–H groups in total. The normalized spacial score (nSPS) is 11.7. The van der Waals surface area contributed by atoms with E-state index < -0.39 is 16.6 Å². The first-order valence-electron chi connectivity index (χ1n) is 32.5. The van der Waals surface area contributed by atoms with Crippen molar-refractivity contribution in [3.05, 3.63) is 143 Å². The van der Waals surface area contributed by atoms with E-state index >= 15 is 0 Å². The first-order valence-corrected chi connectivity index (χ1v) is 43.2. The molecular weight excluding hydrogens is 1510 g/mol. The van der Waals surface area contributed by atoms with Gasteiger partial charge in [-0.3, -0.25) is 0 Å². The molecule has 0 unspecified atom stereocenters. The molecule has 0 amide bonds. The molecule has 550 valence electrons. The van der Waals surface area contributed by atoms with E-state index in [-0.39, 0.29) is 66.1 Å². The number of nitrogens with two attached hydrogens (primary N) is 2. The van der Waals surface area contributed by atoms with E-state index in [4.69, 9.17) is 134 Å². The molecule has 7 heterocycles. The van der Waals surface area contributed by atoms with Gasteiger partial charge in [-0.1, -0.05) is 73.4 Å². The molecule has 1 aliphatic heterocycles. The molecule has 0 saturated carbocycles. The smallest absolute Gasteiger partial charge is 0.853 e. The van der Waals surface area contributed by atoms with Crippen molar-refractivity contribution in [2.24, 2.45) is 11.5 Å². The van der Waals surface area contributed by atoms with Gasteiger partial charge in [0.05, 0.1) is 57.5 Å². The van der Waals surface area contributed by atoms with Gasteiger partial charge in [0.2, 0.25) is 0 Å². The summed E-state index contributed by atoms with van der Waals surface area (Å²) >= 11 is 34.1. The third-order valence-electron chi connectivity index (χ3n) is 13.9. The second kappa shape index (κ2) is 64.9. The SMILES string of the molecule is C1CCOC1.CC(C)(C)[Si](C)(C)OCc1ccc(CCCCl)o1.CC(C)(C)[Si](C)(C)OCc1ccco1.ClCCCBr.ClCCCc1ccc(CBr)o1.NCCOCCOCc1ccc(CCCCl)o1.NCCOCC[O-].OCc1ccc(CCCCl)o1.OCc1ccco1.[Na+]. The maximum Gasteiger partial charge on any atom is 1.00 e. The third kappa shape index (κ3) is 54.7. The van der Waals surface area contributed by atoms with Crippen LogP contribution in [0.15, 0.2) is 112 Å². The molecule has 0 atom stereocenters. The molecule has 0 aliphatic carbocycles. The molecule has 96 heavy (non-hydrogen) atoms. The van der Waals surface area contributed by atoms with Crippen LogP contribution in [-0.4, -0.2) is 128 Å². The first kappa shape index (κ1) is 99.3. The zero-order valence-corrected chi connectivity index (χ0v) is 70.4. The number of rotatable bonds is 34. The van der Waals surface area contributed by atoms with Gasteiger partial charge in [-0.15, -0.1) is 64.6 Å². The van der Waals surface area contributed by atoms with Crippen molar-refractivity contribution in [3.63, 3.8) is 0 Å². The van der Waals surface area contributed by atoms with Crippen molar-refractivity contribution < 1.29 is 99.2 Å². The number of aliphatic hydroxyl groups is 2. The van der Waals surface area contributed by atoms with Crippen molar-refractivity contribution in [2.45, 2.75) is 187 Å². The summed E-state index contributed by atoms with van der Waals surface area (Å²) < 4.78 is 64.2. The van der Waals surface area contributed by atoms with Crippen molar-refractivity contribution >= 4 is 106 Å². The molecule has 0 spiro atoms. The predicted molar refractivity (Wildman–Crippen MR) is 400 cm³/mol. The zero-order chi connectivity index (χ0) is 71.5. The Labute approximate surface area is 641 Å². The van der Waals surface area contributed by atoms with Crippen LogP contribution in [0.2, 0.25) is 36.3 Å². The number of halogens is 7. The molecule has 1 saturated heterocycles. The van der Waals surface area contributed by atoms with Gasteiger partial charge < -0.3 is 81.1 Å².